The smallest absolute Gasteiger partial charge is 0.255 e. The molecule has 3 heterocycles. The summed E-state index contributed by atoms with van der Waals surface area (Å²) < 4.78 is 3.67. The number of nitrogens with zero attached hydrogens (tertiary/aromatic N) is 7. The molecule has 6 rings (SSSR count). The summed E-state index contributed by atoms with van der Waals surface area (Å²) in [5.41, 5.74) is 5.18. The van der Waals surface area contributed by atoms with Crippen LogP contribution in [0.15, 0.2) is 30.9 Å². The number of fused-ring (bicyclic) bond motifs is 2. The van der Waals surface area contributed by atoms with Gasteiger partial charge in [0.1, 0.15) is 12.1 Å². The van der Waals surface area contributed by atoms with E-state index in [9.17, 15) is 15.3 Å². The number of aromatic nitrogens is 4. The molecular weight excluding hydrogens is 428 g/mol. The van der Waals surface area contributed by atoms with Crippen LogP contribution in [-0.4, -0.2) is 38.3 Å². The number of imidazole rings is 1. The van der Waals surface area contributed by atoms with Gasteiger partial charge >= 0.3 is 0 Å². The average molecular weight is 453 g/mol. The fourth-order valence-electron chi connectivity index (χ4n) is 5.50. The quantitative estimate of drug-likeness (QED) is 0.635. The normalized spacial score (nSPS) is 22.1. The standard InChI is InChI=1S/C25H24N8O/c1-31-14-28-23-21(2-3-22(23)31)30-25(34)20-9-29-33(13-20)10-15-4-16(7-26)24(17(5-15)8-27)32-11-18-6-19(18)12-32/h4-5,9,13-14,18-19,21H,2-3,6,10-12H2,1H3,(H,30,34)/t18?,19?,21-/m1/s1. The molecule has 170 valence electrons. The van der Waals surface area contributed by atoms with E-state index in [-0.39, 0.29) is 11.9 Å². The molecule has 2 fully saturated rings. The van der Waals surface area contributed by atoms with Gasteiger partial charge in [-0.25, -0.2) is 4.98 Å². The molecule has 2 unspecified atom stereocenters. The fourth-order valence-corrected chi connectivity index (χ4v) is 5.50. The number of nitriles is 2. The van der Waals surface area contributed by atoms with Crippen molar-refractivity contribution in [2.45, 2.75) is 31.8 Å². The number of rotatable bonds is 5. The molecule has 9 nitrogen and oxygen atoms in total. The number of nitrogens with one attached hydrogen (secondary N) is 1. The summed E-state index contributed by atoms with van der Waals surface area (Å²) in [7, 11) is 1.97. The zero-order chi connectivity index (χ0) is 23.4. The van der Waals surface area contributed by atoms with Crippen molar-refractivity contribution < 1.29 is 4.79 Å². The van der Waals surface area contributed by atoms with E-state index in [0.29, 0.717) is 35.1 Å². The Balaban J connectivity index is 1.18. The molecule has 0 bridgehead atoms. The maximum atomic E-state index is 12.8. The van der Waals surface area contributed by atoms with Gasteiger partial charge in [-0.15, -0.1) is 0 Å². The molecule has 3 aromatic rings. The first-order valence-electron chi connectivity index (χ1n) is 11.6. The highest BCUT2D eigenvalue weighted by atomic mass is 16.1. The van der Waals surface area contributed by atoms with Gasteiger partial charge in [-0.3, -0.25) is 9.48 Å². The van der Waals surface area contributed by atoms with Gasteiger partial charge in [-0.1, -0.05) is 0 Å². The van der Waals surface area contributed by atoms with Gasteiger partial charge in [-0.2, -0.15) is 15.6 Å². The lowest BCUT2D eigenvalue weighted by molar-refractivity contribution is 0.0936. The van der Waals surface area contributed by atoms with Crippen molar-refractivity contribution in [1.29, 1.82) is 10.5 Å². The SMILES string of the molecule is Cn1cnc2c1CC[C@H]2NC(=O)c1cnn(Cc2cc(C#N)c(N3CC4CC4C3)c(C#N)c2)c1. The molecule has 1 amide bonds. The van der Waals surface area contributed by atoms with Gasteiger partial charge < -0.3 is 14.8 Å². The molecule has 1 aromatic carbocycles. The minimum atomic E-state index is -0.187. The summed E-state index contributed by atoms with van der Waals surface area (Å²) in [6, 6.07) is 8.15. The van der Waals surface area contributed by atoms with E-state index < -0.39 is 0 Å². The minimum absolute atomic E-state index is 0.0902. The number of piperidine rings is 1. The number of aryl methyl sites for hydroxylation is 1. The summed E-state index contributed by atoms with van der Waals surface area (Å²) in [6.07, 6.45) is 8.02. The highest BCUT2D eigenvalue weighted by Gasteiger charge is 2.46. The Morgan fingerprint density at radius 1 is 1.21 bits per heavy atom. The Bertz CT molecular complexity index is 1340. The average Bonchev–Trinajstić information content (AvgIpc) is 3.30. The van der Waals surface area contributed by atoms with Crippen molar-refractivity contribution in [2.75, 3.05) is 18.0 Å². The van der Waals surface area contributed by atoms with Crippen molar-refractivity contribution in [3.63, 3.8) is 0 Å². The molecule has 1 saturated carbocycles. The van der Waals surface area contributed by atoms with Gasteiger partial charge in [0, 0.05) is 32.0 Å². The van der Waals surface area contributed by atoms with E-state index in [1.165, 1.54) is 6.42 Å². The van der Waals surface area contributed by atoms with Crippen LogP contribution in [0.4, 0.5) is 5.69 Å². The van der Waals surface area contributed by atoms with Crippen molar-refractivity contribution >= 4 is 11.6 Å². The highest BCUT2D eigenvalue weighted by molar-refractivity contribution is 5.94. The zero-order valence-electron chi connectivity index (χ0n) is 18.9. The van der Waals surface area contributed by atoms with E-state index in [1.807, 2.05) is 23.7 Å². The summed E-state index contributed by atoms with van der Waals surface area (Å²) in [5, 5.41) is 27.0. The second-order valence-electron chi connectivity index (χ2n) is 9.60. The van der Waals surface area contributed by atoms with Crippen molar-refractivity contribution in [3.05, 3.63) is 64.5 Å². The molecule has 2 aliphatic carbocycles. The summed E-state index contributed by atoms with van der Waals surface area (Å²) in [5.74, 6) is 1.23. The number of hydrogen-bond donors (Lipinski definition) is 1. The van der Waals surface area contributed by atoms with E-state index in [1.54, 1.807) is 23.4 Å². The van der Waals surface area contributed by atoms with Gasteiger partial charge in [0.2, 0.25) is 0 Å². The predicted octanol–water partition coefficient (Wildman–Crippen LogP) is 2.28. The largest absolute Gasteiger partial charge is 0.369 e. The first-order chi connectivity index (χ1) is 16.5. The highest BCUT2D eigenvalue weighted by Crippen LogP contribution is 2.47. The van der Waals surface area contributed by atoms with Crippen LogP contribution >= 0.6 is 0 Å². The number of carbonyl (C=O) groups is 1. The number of hydrogen-bond acceptors (Lipinski definition) is 6. The van der Waals surface area contributed by atoms with Gasteiger partial charge in [0.25, 0.3) is 5.91 Å². The van der Waals surface area contributed by atoms with E-state index >= 15 is 0 Å². The van der Waals surface area contributed by atoms with Gasteiger partial charge in [0.05, 0.1) is 53.2 Å². The Morgan fingerprint density at radius 2 is 1.94 bits per heavy atom. The Kier molecular flexibility index (Phi) is 4.66. The fraction of sp³-hybridized carbons (Fsp3) is 0.400. The first kappa shape index (κ1) is 20.5. The van der Waals surface area contributed by atoms with Crippen molar-refractivity contribution in [3.8, 4) is 12.1 Å². The molecule has 1 aliphatic heterocycles. The molecule has 34 heavy (non-hydrogen) atoms. The molecule has 3 aliphatic rings. The molecule has 0 radical (unpaired) electrons. The van der Waals surface area contributed by atoms with Crippen LogP contribution in [0.5, 0.6) is 0 Å². The van der Waals surface area contributed by atoms with E-state index in [0.717, 1.165) is 48.6 Å². The van der Waals surface area contributed by atoms with E-state index in [4.69, 9.17) is 0 Å². The number of benzene rings is 1. The van der Waals surface area contributed by atoms with Crippen LogP contribution in [0, 0.1) is 34.5 Å². The van der Waals surface area contributed by atoms with Crippen LogP contribution in [0.25, 0.3) is 0 Å². The Morgan fingerprint density at radius 3 is 2.65 bits per heavy atom. The van der Waals surface area contributed by atoms with Crippen LogP contribution in [0.1, 0.15) is 57.3 Å². The predicted molar refractivity (Wildman–Crippen MR) is 123 cm³/mol. The van der Waals surface area contributed by atoms with Gasteiger partial charge in [0.15, 0.2) is 0 Å². The lowest BCUT2D eigenvalue weighted by Crippen LogP contribution is -2.27. The van der Waals surface area contributed by atoms with E-state index in [2.05, 4.69) is 32.4 Å². The third-order valence-electron chi connectivity index (χ3n) is 7.34. The molecule has 1 saturated heterocycles. The molecule has 0 spiro atoms. The minimum Gasteiger partial charge on any atom is -0.369 e. The Labute approximate surface area is 197 Å². The second-order valence-corrected chi connectivity index (χ2v) is 9.60. The van der Waals surface area contributed by atoms with Crippen LogP contribution in [0.3, 0.4) is 0 Å². The summed E-state index contributed by atoms with van der Waals surface area (Å²) in [4.78, 5) is 19.4. The van der Waals surface area contributed by atoms with Crippen LogP contribution < -0.4 is 10.2 Å². The molecular formula is C25H24N8O. The summed E-state index contributed by atoms with van der Waals surface area (Å²) in [6.45, 7) is 2.22. The maximum Gasteiger partial charge on any atom is 0.255 e. The maximum absolute atomic E-state index is 12.8. The monoisotopic (exact) mass is 452 g/mol. The summed E-state index contributed by atoms with van der Waals surface area (Å²) >= 11 is 0. The number of anilines is 1. The lowest BCUT2D eigenvalue weighted by atomic mass is 10.0. The molecule has 3 atom stereocenters. The molecule has 2 aromatic heterocycles. The zero-order valence-corrected chi connectivity index (χ0v) is 18.9. The van der Waals surface area contributed by atoms with Crippen molar-refractivity contribution in [2.24, 2.45) is 18.9 Å². The molecule has 1 N–H and O–H groups in total. The van der Waals surface area contributed by atoms with Crippen LogP contribution in [0.2, 0.25) is 0 Å². The van der Waals surface area contributed by atoms with Gasteiger partial charge in [-0.05, 0) is 48.8 Å². The third kappa shape index (κ3) is 3.41. The number of amides is 1. The number of carbonyl (C=O) groups excluding carboxylic acids is 1. The topological polar surface area (TPSA) is 116 Å². The second kappa shape index (κ2) is 7.74. The lowest BCUT2D eigenvalue weighted by Gasteiger charge is -2.23. The van der Waals surface area contributed by atoms with Crippen molar-refractivity contribution in [1.82, 2.24) is 24.6 Å². The van der Waals surface area contributed by atoms with Crippen LogP contribution in [-0.2, 0) is 20.0 Å². The first-order valence-corrected chi connectivity index (χ1v) is 11.6. The molecule has 9 heteroatoms. The third-order valence-corrected chi connectivity index (χ3v) is 7.34. The Hall–Kier alpha value is -4.11.